The quantitative estimate of drug-likeness (QED) is 0.839. The zero-order valence-corrected chi connectivity index (χ0v) is 9.49. The molecular weight excluding hydrogens is 236 g/mol. The van der Waals surface area contributed by atoms with Gasteiger partial charge >= 0.3 is 5.97 Å². The van der Waals surface area contributed by atoms with Crippen molar-refractivity contribution in [2.45, 2.75) is 6.92 Å². The SMILES string of the molecule is CC(=O)Nc1nn(-c2cccnc2)cc1C(=O)O. The first-order valence-corrected chi connectivity index (χ1v) is 5.09. The van der Waals surface area contributed by atoms with E-state index in [1.165, 1.54) is 24.0 Å². The maximum absolute atomic E-state index is 11.0. The van der Waals surface area contributed by atoms with Gasteiger partial charge in [0.2, 0.25) is 5.91 Å². The second-order valence-corrected chi connectivity index (χ2v) is 3.53. The molecule has 0 atom stereocenters. The smallest absolute Gasteiger partial charge is 0.341 e. The molecule has 2 heterocycles. The van der Waals surface area contributed by atoms with Crippen LogP contribution in [0.5, 0.6) is 0 Å². The molecule has 2 aromatic rings. The number of carbonyl (C=O) groups is 2. The van der Waals surface area contributed by atoms with Crippen molar-refractivity contribution in [2.75, 3.05) is 5.32 Å². The highest BCUT2D eigenvalue weighted by molar-refractivity contribution is 5.98. The van der Waals surface area contributed by atoms with Crippen molar-refractivity contribution in [1.29, 1.82) is 0 Å². The molecular formula is C11H10N4O3. The van der Waals surface area contributed by atoms with E-state index < -0.39 is 5.97 Å². The first kappa shape index (κ1) is 11.8. The van der Waals surface area contributed by atoms with Crippen molar-refractivity contribution in [2.24, 2.45) is 0 Å². The molecule has 0 radical (unpaired) electrons. The highest BCUT2D eigenvalue weighted by Gasteiger charge is 2.17. The Labute approximate surface area is 102 Å². The second kappa shape index (κ2) is 4.66. The van der Waals surface area contributed by atoms with E-state index in [2.05, 4.69) is 15.4 Å². The molecule has 2 N–H and O–H groups in total. The van der Waals surface area contributed by atoms with Gasteiger partial charge < -0.3 is 10.4 Å². The number of hydrogen-bond acceptors (Lipinski definition) is 4. The Hall–Kier alpha value is -2.70. The summed E-state index contributed by atoms with van der Waals surface area (Å²) in [5.41, 5.74) is 0.533. The summed E-state index contributed by atoms with van der Waals surface area (Å²) in [4.78, 5) is 25.9. The minimum atomic E-state index is -1.16. The molecule has 7 heteroatoms. The number of hydrogen-bond donors (Lipinski definition) is 2. The Morgan fingerprint density at radius 1 is 1.44 bits per heavy atom. The van der Waals surface area contributed by atoms with Gasteiger partial charge in [-0.3, -0.25) is 9.78 Å². The van der Waals surface area contributed by atoms with E-state index >= 15 is 0 Å². The number of aromatic carboxylic acids is 1. The van der Waals surface area contributed by atoms with Gasteiger partial charge in [0, 0.05) is 19.3 Å². The Morgan fingerprint density at radius 2 is 2.22 bits per heavy atom. The third-order valence-electron chi connectivity index (χ3n) is 2.15. The summed E-state index contributed by atoms with van der Waals surface area (Å²) >= 11 is 0. The molecule has 0 spiro atoms. The molecule has 7 nitrogen and oxygen atoms in total. The lowest BCUT2D eigenvalue weighted by Gasteiger charge is -1.99. The number of aromatic nitrogens is 3. The number of amides is 1. The topological polar surface area (TPSA) is 97.1 Å². The average Bonchev–Trinajstić information content (AvgIpc) is 2.73. The third-order valence-corrected chi connectivity index (χ3v) is 2.15. The summed E-state index contributed by atoms with van der Waals surface area (Å²) in [7, 11) is 0. The van der Waals surface area contributed by atoms with Crippen LogP contribution in [0.2, 0.25) is 0 Å². The van der Waals surface area contributed by atoms with Gasteiger partial charge in [-0.05, 0) is 12.1 Å². The third kappa shape index (κ3) is 2.34. The first-order valence-electron chi connectivity index (χ1n) is 5.09. The summed E-state index contributed by atoms with van der Waals surface area (Å²) in [6.45, 7) is 1.29. The number of carboxylic acids is 1. The van der Waals surface area contributed by atoms with Crippen LogP contribution in [-0.4, -0.2) is 31.7 Å². The zero-order chi connectivity index (χ0) is 13.1. The first-order chi connectivity index (χ1) is 8.58. The van der Waals surface area contributed by atoms with Gasteiger partial charge in [-0.1, -0.05) is 0 Å². The number of rotatable bonds is 3. The molecule has 0 aromatic carbocycles. The molecule has 1 amide bonds. The molecule has 0 fully saturated rings. The fourth-order valence-electron chi connectivity index (χ4n) is 1.41. The van der Waals surface area contributed by atoms with Crippen LogP contribution < -0.4 is 5.32 Å². The predicted octanol–water partition coefficient (Wildman–Crippen LogP) is 0.924. The van der Waals surface area contributed by atoms with Gasteiger partial charge in [-0.15, -0.1) is 5.10 Å². The fourth-order valence-corrected chi connectivity index (χ4v) is 1.41. The largest absolute Gasteiger partial charge is 0.477 e. The van der Waals surface area contributed by atoms with E-state index in [9.17, 15) is 9.59 Å². The molecule has 0 saturated carbocycles. The van der Waals surface area contributed by atoms with Crippen molar-refractivity contribution in [3.8, 4) is 5.69 Å². The van der Waals surface area contributed by atoms with Crippen LogP contribution in [0, 0.1) is 0 Å². The van der Waals surface area contributed by atoms with Gasteiger partial charge in [0.25, 0.3) is 0 Å². The summed E-state index contributed by atoms with van der Waals surface area (Å²) < 4.78 is 1.35. The van der Waals surface area contributed by atoms with Crippen LogP contribution in [0.15, 0.2) is 30.7 Å². The summed E-state index contributed by atoms with van der Waals surface area (Å²) in [5, 5.41) is 15.4. The molecule has 0 aliphatic heterocycles. The van der Waals surface area contributed by atoms with Gasteiger partial charge in [-0.2, -0.15) is 0 Å². The second-order valence-electron chi connectivity index (χ2n) is 3.53. The molecule has 0 unspecified atom stereocenters. The van der Waals surface area contributed by atoms with Crippen LogP contribution in [0.3, 0.4) is 0 Å². The normalized spacial score (nSPS) is 10.1. The maximum Gasteiger partial charge on any atom is 0.341 e. The van der Waals surface area contributed by atoms with Gasteiger partial charge in [0.15, 0.2) is 5.82 Å². The van der Waals surface area contributed by atoms with E-state index in [0.717, 1.165) is 0 Å². The van der Waals surface area contributed by atoms with Crippen LogP contribution in [-0.2, 0) is 4.79 Å². The molecule has 0 aliphatic rings. The summed E-state index contributed by atoms with van der Waals surface area (Å²) in [6, 6.07) is 3.43. The van der Waals surface area contributed by atoms with Crippen molar-refractivity contribution < 1.29 is 14.7 Å². The number of pyridine rings is 1. The molecule has 92 valence electrons. The number of anilines is 1. The minimum absolute atomic E-state index is 0.0128. The Kier molecular flexibility index (Phi) is 3.05. The number of nitrogens with one attached hydrogen (secondary N) is 1. The van der Waals surface area contributed by atoms with Crippen molar-refractivity contribution in [3.63, 3.8) is 0 Å². The number of carbonyl (C=O) groups excluding carboxylic acids is 1. The average molecular weight is 246 g/mol. The summed E-state index contributed by atoms with van der Waals surface area (Å²) in [5.74, 6) is -1.53. The fraction of sp³-hybridized carbons (Fsp3) is 0.0909. The van der Waals surface area contributed by atoms with Gasteiger partial charge in [0.05, 0.1) is 11.9 Å². The lowest BCUT2D eigenvalue weighted by atomic mass is 10.3. The Balaban J connectivity index is 2.45. The summed E-state index contributed by atoms with van der Waals surface area (Å²) in [6.07, 6.45) is 4.46. The number of nitrogens with zero attached hydrogens (tertiary/aromatic N) is 3. The molecule has 2 aromatic heterocycles. The van der Waals surface area contributed by atoms with Crippen molar-refractivity contribution in [3.05, 3.63) is 36.3 Å². The standard InChI is InChI=1S/C11H10N4O3/c1-7(16)13-10-9(11(17)18)6-15(14-10)8-3-2-4-12-5-8/h2-6H,1H3,(H,17,18)(H,13,14,16). The van der Waals surface area contributed by atoms with Crippen LogP contribution in [0.25, 0.3) is 5.69 Å². The minimum Gasteiger partial charge on any atom is -0.477 e. The van der Waals surface area contributed by atoms with Crippen LogP contribution in [0.4, 0.5) is 5.82 Å². The molecule has 0 aliphatic carbocycles. The van der Waals surface area contributed by atoms with E-state index in [1.54, 1.807) is 18.3 Å². The Morgan fingerprint density at radius 3 is 2.78 bits per heavy atom. The molecule has 0 saturated heterocycles. The lowest BCUT2D eigenvalue weighted by Crippen LogP contribution is -2.10. The lowest BCUT2D eigenvalue weighted by molar-refractivity contribution is -0.114. The predicted molar refractivity (Wildman–Crippen MR) is 62.6 cm³/mol. The van der Waals surface area contributed by atoms with E-state index in [0.29, 0.717) is 5.69 Å². The van der Waals surface area contributed by atoms with Crippen molar-refractivity contribution in [1.82, 2.24) is 14.8 Å². The Bertz CT molecular complexity index is 592. The highest BCUT2D eigenvalue weighted by atomic mass is 16.4. The molecule has 18 heavy (non-hydrogen) atoms. The van der Waals surface area contributed by atoms with Crippen LogP contribution in [0.1, 0.15) is 17.3 Å². The molecule has 0 bridgehead atoms. The molecule has 2 rings (SSSR count). The van der Waals surface area contributed by atoms with E-state index in [-0.39, 0.29) is 17.3 Å². The zero-order valence-electron chi connectivity index (χ0n) is 9.49. The van der Waals surface area contributed by atoms with Crippen molar-refractivity contribution >= 4 is 17.7 Å². The maximum atomic E-state index is 11.0. The van der Waals surface area contributed by atoms with Gasteiger partial charge in [0.1, 0.15) is 5.56 Å². The van der Waals surface area contributed by atoms with Crippen LogP contribution >= 0.6 is 0 Å². The van der Waals surface area contributed by atoms with E-state index in [1.807, 2.05) is 0 Å². The number of carboxylic acid groups (broad SMARTS) is 1. The van der Waals surface area contributed by atoms with Gasteiger partial charge in [-0.25, -0.2) is 9.48 Å². The van der Waals surface area contributed by atoms with E-state index in [4.69, 9.17) is 5.11 Å². The monoisotopic (exact) mass is 246 g/mol. The highest BCUT2D eigenvalue weighted by Crippen LogP contribution is 2.16.